The fourth-order valence-electron chi connectivity index (χ4n) is 3.80. The van der Waals surface area contributed by atoms with E-state index in [-0.39, 0.29) is 10.6 Å². The summed E-state index contributed by atoms with van der Waals surface area (Å²) in [6, 6.07) is 5.84. The molecule has 0 saturated carbocycles. The van der Waals surface area contributed by atoms with E-state index in [1.807, 2.05) is 28.0 Å². The van der Waals surface area contributed by atoms with Gasteiger partial charge in [-0.05, 0) is 24.0 Å². The molecule has 1 aliphatic rings. The zero-order valence-corrected chi connectivity index (χ0v) is 18.2. The standard InChI is InChI=1S/C21H31N7O2/c1-16(2)13-27(14-17(3)4)21-19(28(29)30)20(23-15-24-21)26-11-9-25(10-12-26)18-7-5-6-8-22-18/h5-8,15-17H,9-14H2,1-4H3. The molecule has 1 aliphatic heterocycles. The van der Waals surface area contributed by atoms with Crippen molar-refractivity contribution >= 4 is 23.1 Å². The Labute approximate surface area is 177 Å². The van der Waals surface area contributed by atoms with E-state index in [0.29, 0.717) is 49.7 Å². The highest BCUT2D eigenvalue weighted by atomic mass is 16.6. The second-order valence-electron chi connectivity index (χ2n) is 8.48. The van der Waals surface area contributed by atoms with Crippen LogP contribution in [0.5, 0.6) is 0 Å². The summed E-state index contributed by atoms with van der Waals surface area (Å²) in [7, 11) is 0. The van der Waals surface area contributed by atoms with Crippen molar-refractivity contribution < 1.29 is 4.92 Å². The number of piperazine rings is 1. The number of hydrogen-bond donors (Lipinski definition) is 0. The van der Waals surface area contributed by atoms with Crippen molar-refractivity contribution in [3.63, 3.8) is 0 Å². The molecule has 0 unspecified atom stereocenters. The van der Waals surface area contributed by atoms with Crippen LogP contribution in [0.1, 0.15) is 27.7 Å². The Hall–Kier alpha value is -2.97. The third kappa shape index (κ3) is 5.14. The maximum absolute atomic E-state index is 12.1. The number of anilines is 3. The van der Waals surface area contributed by atoms with Crippen molar-refractivity contribution in [1.82, 2.24) is 15.0 Å². The van der Waals surface area contributed by atoms with E-state index in [1.165, 1.54) is 6.33 Å². The summed E-state index contributed by atoms with van der Waals surface area (Å²) in [6.07, 6.45) is 3.23. The third-order valence-corrected chi connectivity index (χ3v) is 4.99. The van der Waals surface area contributed by atoms with E-state index in [4.69, 9.17) is 0 Å². The lowest BCUT2D eigenvalue weighted by Crippen LogP contribution is -2.47. The van der Waals surface area contributed by atoms with Crippen LogP contribution in [0, 0.1) is 22.0 Å². The third-order valence-electron chi connectivity index (χ3n) is 4.99. The average molecular weight is 414 g/mol. The van der Waals surface area contributed by atoms with E-state index >= 15 is 0 Å². The second kappa shape index (κ2) is 9.69. The van der Waals surface area contributed by atoms with E-state index in [2.05, 4.69) is 47.5 Å². The van der Waals surface area contributed by atoms with Gasteiger partial charge in [-0.15, -0.1) is 0 Å². The highest BCUT2D eigenvalue weighted by molar-refractivity contribution is 5.71. The summed E-state index contributed by atoms with van der Waals surface area (Å²) in [5.74, 6) is 2.48. The van der Waals surface area contributed by atoms with E-state index in [9.17, 15) is 10.1 Å². The lowest BCUT2D eigenvalue weighted by atomic mass is 10.1. The minimum absolute atomic E-state index is 0.00471. The smallest absolute Gasteiger partial charge is 0.353 e. The predicted octanol–water partition coefficient (Wildman–Crippen LogP) is 3.22. The molecule has 3 heterocycles. The summed E-state index contributed by atoms with van der Waals surface area (Å²) in [6.45, 7) is 12.6. The molecule has 1 saturated heterocycles. The van der Waals surface area contributed by atoms with Gasteiger partial charge in [0.05, 0.1) is 4.92 Å². The number of aromatic nitrogens is 3. The molecule has 3 rings (SSSR count). The molecule has 0 N–H and O–H groups in total. The van der Waals surface area contributed by atoms with Gasteiger partial charge in [0.2, 0.25) is 11.6 Å². The topological polar surface area (TPSA) is 91.5 Å². The van der Waals surface area contributed by atoms with Crippen LogP contribution in [0.3, 0.4) is 0 Å². The number of pyridine rings is 1. The highest BCUT2D eigenvalue weighted by Crippen LogP contribution is 2.35. The molecular formula is C21H31N7O2. The van der Waals surface area contributed by atoms with Crippen molar-refractivity contribution in [2.75, 3.05) is 54.0 Å². The average Bonchev–Trinajstić information content (AvgIpc) is 2.73. The van der Waals surface area contributed by atoms with Crippen molar-refractivity contribution in [3.8, 4) is 0 Å². The molecule has 162 valence electrons. The van der Waals surface area contributed by atoms with E-state index < -0.39 is 0 Å². The molecule has 2 aromatic heterocycles. The molecule has 9 heteroatoms. The maximum atomic E-state index is 12.1. The van der Waals surface area contributed by atoms with Gasteiger partial charge >= 0.3 is 5.69 Å². The van der Waals surface area contributed by atoms with Crippen LogP contribution in [0.2, 0.25) is 0 Å². The van der Waals surface area contributed by atoms with Gasteiger partial charge < -0.3 is 14.7 Å². The van der Waals surface area contributed by atoms with Gasteiger partial charge in [-0.1, -0.05) is 33.8 Å². The van der Waals surface area contributed by atoms with Crippen LogP contribution in [-0.4, -0.2) is 59.1 Å². The fraction of sp³-hybridized carbons (Fsp3) is 0.571. The first-order chi connectivity index (χ1) is 14.4. The Morgan fingerprint density at radius 1 is 1.00 bits per heavy atom. The van der Waals surface area contributed by atoms with Gasteiger partial charge in [0.1, 0.15) is 12.1 Å². The van der Waals surface area contributed by atoms with E-state index in [1.54, 1.807) is 6.20 Å². The van der Waals surface area contributed by atoms with Crippen LogP contribution in [0.15, 0.2) is 30.7 Å². The number of hydrogen-bond acceptors (Lipinski definition) is 8. The number of nitro groups is 1. The Bertz CT molecular complexity index is 827. The van der Waals surface area contributed by atoms with Gasteiger partial charge in [0, 0.05) is 45.5 Å². The molecule has 0 bridgehead atoms. The molecule has 2 aromatic rings. The normalized spacial score (nSPS) is 14.5. The predicted molar refractivity (Wildman–Crippen MR) is 119 cm³/mol. The molecule has 0 atom stereocenters. The van der Waals surface area contributed by atoms with Gasteiger partial charge in [-0.3, -0.25) is 10.1 Å². The van der Waals surface area contributed by atoms with Crippen LogP contribution >= 0.6 is 0 Å². The van der Waals surface area contributed by atoms with Crippen molar-refractivity contribution in [1.29, 1.82) is 0 Å². The number of rotatable bonds is 8. The van der Waals surface area contributed by atoms with Crippen LogP contribution in [0.25, 0.3) is 0 Å². The molecule has 1 fully saturated rings. The Morgan fingerprint density at radius 2 is 1.63 bits per heavy atom. The summed E-state index contributed by atoms with van der Waals surface area (Å²) >= 11 is 0. The SMILES string of the molecule is CC(C)CN(CC(C)C)c1ncnc(N2CCN(c3ccccn3)CC2)c1[N+](=O)[O-]. The summed E-state index contributed by atoms with van der Waals surface area (Å²) < 4.78 is 0. The molecular weight excluding hydrogens is 382 g/mol. The van der Waals surface area contributed by atoms with Crippen LogP contribution in [0.4, 0.5) is 23.1 Å². The van der Waals surface area contributed by atoms with Gasteiger partial charge in [-0.2, -0.15) is 0 Å². The zero-order valence-electron chi connectivity index (χ0n) is 18.2. The molecule has 0 aliphatic carbocycles. The lowest BCUT2D eigenvalue weighted by molar-refractivity contribution is -0.383. The summed E-state index contributed by atoms with van der Waals surface area (Å²) in [5, 5.41) is 12.1. The fourth-order valence-corrected chi connectivity index (χ4v) is 3.80. The first kappa shape index (κ1) is 21.7. The lowest BCUT2D eigenvalue weighted by Gasteiger charge is -2.36. The number of nitrogens with zero attached hydrogens (tertiary/aromatic N) is 7. The monoisotopic (exact) mass is 413 g/mol. The minimum Gasteiger partial charge on any atom is -0.353 e. The molecule has 0 amide bonds. The molecule has 0 aromatic carbocycles. The van der Waals surface area contributed by atoms with Gasteiger partial charge in [-0.25, -0.2) is 15.0 Å². The Balaban J connectivity index is 1.87. The highest BCUT2D eigenvalue weighted by Gasteiger charge is 2.32. The maximum Gasteiger partial charge on any atom is 0.353 e. The van der Waals surface area contributed by atoms with Gasteiger partial charge in [0.25, 0.3) is 0 Å². The quantitative estimate of drug-likeness (QED) is 0.481. The van der Waals surface area contributed by atoms with Crippen LogP contribution < -0.4 is 14.7 Å². The Morgan fingerprint density at radius 3 is 2.17 bits per heavy atom. The Kier molecular flexibility index (Phi) is 7.02. The molecule has 9 nitrogen and oxygen atoms in total. The summed E-state index contributed by atoms with van der Waals surface area (Å²) in [4.78, 5) is 31.1. The van der Waals surface area contributed by atoms with E-state index in [0.717, 1.165) is 18.9 Å². The van der Waals surface area contributed by atoms with Crippen molar-refractivity contribution in [3.05, 3.63) is 40.8 Å². The summed E-state index contributed by atoms with van der Waals surface area (Å²) in [5.41, 5.74) is 0.00471. The minimum atomic E-state index is -0.330. The first-order valence-corrected chi connectivity index (χ1v) is 10.5. The molecule has 0 spiro atoms. The van der Waals surface area contributed by atoms with Crippen LogP contribution in [-0.2, 0) is 0 Å². The zero-order chi connectivity index (χ0) is 21.7. The molecule has 0 radical (unpaired) electrons. The second-order valence-corrected chi connectivity index (χ2v) is 8.48. The first-order valence-electron chi connectivity index (χ1n) is 10.5. The molecule has 30 heavy (non-hydrogen) atoms. The van der Waals surface area contributed by atoms with Crippen molar-refractivity contribution in [2.45, 2.75) is 27.7 Å². The van der Waals surface area contributed by atoms with Gasteiger partial charge in [0.15, 0.2) is 0 Å². The largest absolute Gasteiger partial charge is 0.353 e. The van der Waals surface area contributed by atoms with Crippen molar-refractivity contribution in [2.24, 2.45) is 11.8 Å².